The van der Waals surface area contributed by atoms with E-state index in [0.29, 0.717) is 5.56 Å². The van der Waals surface area contributed by atoms with Crippen LogP contribution in [0.3, 0.4) is 0 Å². The molecule has 1 aromatic rings. The van der Waals surface area contributed by atoms with Crippen LogP contribution in [0.4, 0.5) is 4.39 Å². The van der Waals surface area contributed by atoms with Gasteiger partial charge in [-0.25, -0.2) is 4.39 Å². The van der Waals surface area contributed by atoms with Crippen molar-refractivity contribution in [3.05, 3.63) is 35.6 Å². The van der Waals surface area contributed by atoms with Crippen molar-refractivity contribution in [2.75, 3.05) is 0 Å². The molecule has 1 aromatic carbocycles. The maximum atomic E-state index is 12.7. The quantitative estimate of drug-likeness (QED) is 0.827. The smallest absolute Gasteiger partial charge is 0.306 e. The molecule has 0 fully saturated rings. The molecule has 0 radical (unpaired) electrons. The molecule has 1 rings (SSSR count). The SMILES string of the molecule is CC(C)C(O)(CC(=O)O)c1ccc(F)cc1. The number of hydrogen-bond acceptors (Lipinski definition) is 2. The molecule has 3 nitrogen and oxygen atoms in total. The predicted molar refractivity (Wildman–Crippen MR) is 57.4 cm³/mol. The number of benzene rings is 1. The number of rotatable bonds is 4. The molecule has 1 atom stereocenters. The fourth-order valence-electron chi connectivity index (χ4n) is 1.61. The van der Waals surface area contributed by atoms with Crippen molar-refractivity contribution in [2.45, 2.75) is 25.9 Å². The lowest BCUT2D eigenvalue weighted by Gasteiger charge is -2.31. The Balaban J connectivity index is 3.10. The predicted octanol–water partition coefficient (Wildman–Crippen LogP) is 2.14. The van der Waals surface area contributed by atoms with Gasteiger partial charge in [-0.05, 0) is 23.6 Å². The number of aliphatic carboxylic acids is 1. The summed E-state index contributed by atoms with van der Waals surface area (Å²) in [6.45, 7) is 3.46. The highest BCUT2D eigenvalue weighted by Gasteiger charge is 2.35. The van der Waals surface area contributed by atoms with Crippen LogP contribution in [0.15, 0.2) is 24.3 Å². The highest BCUT2D eigenvalue weighted by molar-refractivity contribution is 5.68. The van der Waals surface area contributed by atoms with Gasteiger partial charge in [-0.1, -0.05) is 26.0 Å². The average Bonchev–Trinajstić information content (AvgIpc) is 2.17. The van der Waals surface area contributed by atoms with E-state index in [2.05, 4.69) is 0 Å². The summed E-state index contributed by atoms with van der Waals surface area (Å²) in [5.74, 6) is -1.76. The van der Waals surface area contributed by atoms with Gasteiger partial charge in [0.15, 0.2) is 0 Å². The zero-order valence-electron chi connectivity index (χ0n) is 9.27. The van der Waals surface area contributed by atoms with E-state index in [1.165, 1.54) is 24.3 Å². The summed E-state index contributed by atoms with van der Waals surface area (Å²) in [5.41, 5.74) is -1.04. The normalized spacial score (nSPS) is 14.8. The van der Waals surface area contributed by atoms with Gasteiger partial charge in [-0.3, -0.25) is 4.79 Å². The van der Waals surface area contributed by atoms with Gasteiger partial charge in [0.2, 0.25) is 0 Å². The molecular weight excluding hydrogens is 211 g/mol. The first-order chi connectivity index (χ1) is 7.36. The number of aliphatic hydroxyl groups is 1. The highest BCUT2D eigenvalue weighted by Crippen LogP contribution is 2.33. The molecule has 0 saturated carbocycles. The van der Waals surface area contributed by atoms with E-state index in [9.17, 15) is 14.3 Å². The maximum absolute atomic E-state index is 12.7. The molecule has 0 aliphatic heterocycles. The van der Waals surface area contributed by atoms with E-state index < -0.39 is 23.8 Å². The number of hydrogen-bond donors (Lipinski definition) is 2. The molecular formula is C12H15FO3. The summed E-state index contributed by atoms with van der Waals surface area (Å²) in [4.78, 5) is 10.7. The molecule has 0 amide bonds. The number of carboxylic acid groups (broad SMARTS) is 1. The molecule has 4 heteroatoms. The molecule has 88 valence electrons. The van der Waals surface area contributed by atoms with E-state index in [1.54, 1.807) is 13.8 Å². The molecule has 0 aliphatic carbocycles. The first-order valence-corrected chi connectivity index (χ1v) is 5.06. The Morgan fingerprint density at radius 1 is 1.38 bits per heavy atom. The molecule has 0 heterocycles. The monoisotopic (exact) mass is 226 g/mol. The van der Waals surface area contributed by atoms with Crippen LogP contribution < -0.4 is 0 Å². The lowest BCUT2D eigenvalue weighted by Crippen LogP contribution is -2.34. The summed E-state index contributed by atoms with van der Waals surface area (Å²) in [7, 11) is 0. The zero-order chi connectivity index (χ0) is 12.3. The molecule has 2 N–H and O–H groups in total. The molecule has 1 unspecified atom stereocenters. The van der Waals surface area contributed by atoms with Gasteiger partial charge < -0.3 is 10.2 Å². The van der Waals surface area contributed by atoms with Crippen molar-refractivity contribution >= 4 is 5.97 Å². The van der Waals surface area contributed by atoms with Crippen LogP contribution in [-0.4, -0.2) is 16.2 Å². The van der Waals surface area contributed by atoms with Crippen molar-refractivity contribution < 1.29 is 19.4 Å². The Morgan fingerprint density at radius 3 is 2.25 bits per heavy atom. The minimum absolute atomic E-state index is 0.269. The second-order valence-corrected chi connectivity index (χ2v) is 4.16. The van der Waals surface area contributed by atoms with Crippen LogP contribution in [0.5, 0.6) is 0 Å². The molecule has 0 spiro atoms. The van der Waals surface area contributed by atoms with E-state index >= 15 is 0 Å². The van der Waals surface area contributed by atoms with Crippen LogP contribution in [-0.2, 0) is 10.4 Å². The molecule has 16 heavy (non-hydrogen) atoms. The first-order valence-electron chi connectivity index (χ1n) is 5.06. The van der Waals surface area contributed by atoms with Crippen molar-refractivity contribution in [1.82, 2.24) is 0 Å². The minimum atomic E-state index is -1.46. The second-order valence-electron chi connectivity index (χ2n) is 4.16. The van der Waals surface area contributed by atoms with Gasteiger partial charge in [0.05, 0.1) is 6.42 Å². The second kappa shape index (κ2) is 4.61. The van der Waals surface area contributed by atoms with Crippen LogP contribution in [0, 0.1) is 11.7 Å². The summed E-state index contributed by atoms with van der Waals surface area (Å²) in [5, 5.41) is 19.1. The third kappa shape index (κ3) is 2.58. The number of carbonyl (C=O) groups is 1. The molecule has 0 bridgehead atoms. The minimum Gasteiger partial charge on any atom is -0.481 e. The van der Waals surface area contributed by atoms with Crippen molar-refractivity contribution in [2.24, 2.45) is 5.92 Å². The Morgan fingerprint density at radius 2 is 1.88 bits per heavy atom. The Labute approximate surface area is 93.5 Å². The van der Waals surface area contributed by atoms with Gasteiger partial charge in [-0.15, -0.1) is 0 Å². The van der Waals surface area contributed by atoms with Gasteiger partial charge in [0, 0.05) is 0 Å². The Bertz CT molecular complexity index is 372. The van der Waals surface area contributed by atoms with Gasteiger partial charge in [0.1, 0.15) is 11.4 Å². The van der Waals surface area contributed by atoms with E-state index in [-0.39, 0.29) is 5.92 Å². The topological polar surface area (TPSA) is 57.5 Å². The van der Waals surface area contributed by atoms with E-state index in [4.69, 9.17) is 5.11 Å². The van der Waals surface area contributed by atoms with Crippen LogP contribution in [0.25, 0.3) is 0 Å². The standard InChI is InChI=1S/C12H15FO3/c1-8(2)12(16,7-11(14)15)9-3-5-10(13)6-4-9/h3-6,8,16H,7H2,1-2H3,(H,14,15). The lowest BCUT2D eigenvalue weighted by molar-refractivity contribution is -0.145. The summed E-state index contributed by atoms with van der Waals surface area (Å²) >= 11 is 0. The van der Waals surface area contributed by atoms with Gasteiger partial charge in [-0.2, -0.15) is 0 Å². The van der Waals surface area contributed by atoms with Gasteiger partial charge in [0.25, 0.3) is 0 Å². The fourth-order valence-corrected chi connectivity index (χ4v) is 1.61. The van der Waals surface area contributed by atoms with E-state index in [0.717, 1.165) is 0 Å². The largest absolute Gasteiger partial charge is 0.481 e. The molecule has 0 aromatic heterocycles. The lowest BCUT2D eigenvalue weighted by atomic mass is 9.81. The molecule has 0 aliphatic rings. The number of halogens is 1. The summed E-state index contributed by atoms with van der Waals surface area (Å²) in [6, 6.07) is 5.26. The van der Waals surface area contributed by atoms with Crippen molar-refractivity contribution in [3.8, 4) is 0 Å². The Hall–Kier alpha value is -1.42. The van der Waals surface area contributed by atoms with Crippen LogP contribution in [0.2, 0.25) is 0 Å². The van der Waals surface area contributed by atoms with Crippen LogP contribution >= 0.6 is 0 Å². The zero-order valence-corrected chi connectivity index (χ0v) is 9.27. The fraction of sp³-hybridized carbons (Fsp3) is 0.417. The third-order valence-electron chi connectivity index (χ3n) is 2.72. The molecule has 0 saturated heterocycles. The van der Waals surface area contributed by atoms with Gasteiger partial charge >= 0.3 is 5.97 Å². The summed E-state index contributed by atoms with van der Waals surface area (Å²) < 4.78 is 12.7. The van der Waals surface area contributed by atoms with Crippen molar-refractivity contribution in [3.63, 3.8) is 0 Å². The Kier molecular flexibility index (Phi) is 3.65. The average molecular weight is 226 g/mol. The number of carboxylic acids is 1. The highest BCUT2D eigenvalue weighted by atomic mass is 19.1. The summed E-state index contributed by atoms with van der Waals surface area (Å²) in [6.07, 6.45) is -0.393. The maximum Gasteiger partial charge on any atom is 0.306 e. The van der Waals surface area contributed by atoms with Crippen molar-refractivity contribution in [1.29, 1.82) is 0 Å². The van der Waals surface area contributed by atoms with Crippen LogP contribution in [0.1, 0.15) is 25.8 Å². The third-order valence-corrected chi connectivity index (χ3v) is 2.72. The van der Waals surface area contributed by atoms with E-state index in [1.807, 2.05) is 0 Å². The first kappa shape index (κ1) is 12.6.